The van der Waals surface area contributed by atoms with Crippen LogP contribution < -0.4 is 5.73 Å². The Morgan fingerprint density at radius 3 is 2.56 bits per heavy atom. The Labute approximate surface area is 109 Å². The van der Waals surface area contributed by atoms with Crippen LogP contribution in [0.25, 0.3) is 0 Å². The molecule has 2 rings (SSSR count). The normalized spacial score (nSPS) is 21.5. The lowest BCUT2D eigenvalue weighted by Gasteiger charge is -2.23. The number of hydrogen-bond acceptors (Lipinski definition) is 4. The second kappa shape index (κ2) is 5.83. The maximum atomic E-state index is 6.47. The zero-order valence-electron chi connectivity index (χ0n) is 11.6. The third kappa shape index (κ3) is 3.10. The molecule has 2 N–H and O–H groups in total. The second-order valence-electron chi connectivity index (χ2n) is 5.80. The molecule has 0 bridgehead atoms. The summed E-state index contributed by atoms with van der Waals surface area (Å²) in [6, 6.07) is 0. The SMILES string of the molecule is CCC(C)Cc1nc(C2(N)CCCCCC2)no1. The molecule has 1 aliphatic carbocycles. The molecule has 1 heterocycles. The Morgan fingerprint density at radius 2 is 1.94 bits per heavy atom. The monoisotopic (exact) mass is 251 g/mol. The summed E-state index contributed by atoms with van der Waals surface area (Å²) in [6.07, 6.45) is 8.85. The summed E-state index contributed by atoms with van der Waals surface area (Å²) in [5.41, 5.74) is 6.12. The summed E-state index contributed by atoms with van der Waals surface area (Å²) in [7, 11) is 0. The molecule has 102 valence electrons. The van der Waals surface area contributed by atoms with Crippen molar-refractivity contribution in [3.05, 3.63) is 11.7 Å². The molecular weight excluding hydrogens is 226 g/mol. The van der Waals surface area contributed by atoms with E-state index in [2.05, 4.69) is 24.0 Å². The molecule has 0 spiro atoms. The second-order valence-corrected chi connectivity index (χ2v) is 5.80. The molecule has 1 saturated carbocycles. The van der Waals surface area contributed by atoms with Gasteiger partial charge in [-0.2, -0.15) is 4.98 Å². The Morgan fingerprint density at radius 1 is 1.28 bits per heavy atom. The van der Waals surface area contributed by atoms with Crippen molar-refractivity contribution < 1.29 is 4.52 Å². The zero-order chi connectivity index (χ0) is 13.0. The standard InChI is InChI=1S/C14H25N3O/c1-3-11(2)10-12-16-13(17-18-12)14(15)8-6-4-5-7-9-14/h11H,3-10,15H2,1-2H3. The van der Waals surface area contributed by atoms with E-state index in [0.717, 1.165) is 37.4 Å². The molecule has 0 amide bonds. The summed E-state index contributed by atoms with van der Waals surface area (Å²) < 4.78 is 5.36. The number of aromatic nitrogens is 2. The fraction of sp³-hybridized carbons (Fsp3) is 0.857. The Kier molecular flexibility index (Phi) is 4.38. The summed E-state index contributed by atoms with van der Waals surface area (Å²) >= 11 is 0. The molecule has 1 unspecified atom stereocenters. The molecule has 1 aromatic heterocycles. The Bertz CT molecular complexity index is 367. The first-order chi connectivity index (χ1) is 8.64. The van der Waals surface area contributed by atoms with Crippen LogP contribution in [0.5, 0.6) is 0 Å². The van der Waals surface area contributed by atoms with Gasteiger partial charge in [0.05, 0.1) is 5.54 Å². The van der Waals surface area contributed by atoms with Gasteiger partial charge in [-0.1, -0.05) is 51.1 Å². The highest BCUT2D eigenvalue weighted by molar-refractivity contribution is 5.04. The zero-order valence-corrected chi connectivity index (χ0v) is 11.6. The first kappa shape index (κ1) is 13.5. The van der Waals surface area contributed by atoms with Crippen molar-refractivity contribution in [1.82, 2.24) is 10.1 Å². The quantitative estimate of drug-likeness (QED) is 0.835. The molecule has 18 heavy (non-hydrogen) atoms. The van der Waals surface area contributed by atoms with Gasteiger partial charge >= 0.3 is 0 Å². The number of nitrogens with two attached hydrogens (primary N) is 1. The van der Waals surface area contributed by atoms with Crippen LogP contribution in [0.15, 0.2) is 4.52 Å². The summed E-state index contributed by atoms with van der Waals surface area (Å²) in [5, 5.41) is 4.13. The van der Waals surface area contributed by atoms with E-state index in [1.54, 1.807) is 0 Å². The smallest absolute Gasteiger partial charge is 0.226 e. The molecule has 1 atom stereocenters. The van der Waals surface area contributed by atoms with Crippen LogP contribution in [0, 0.1) is 5.92 Å². The van der Waals surface area contributed by atoms with E-state index >= 15 is 0 Å². The molecule has 4 heteroatoms. The molecular formula is C14H25N3O. The molecule has 0 radical (unpaired) electrons. The predicted molar refractivity (Wildman–Crippen MR) is 71.0 cm³/mol. The van der Waals surface area contributed by atoms with Gasteiger partial charge in [-0.25, -0.2) is 0 Å². The maximum absolute atomic E-state index is 6.47. The van der Waals surface area contributed by atoms with E-state index in [9.17, 15) is 0 Å². The van der Waals surface area contributed by atoms with Crippen molar-refractivity contribution in [3.63, 3.8) is 0 Å². The van der Waals surface area contributed by atoms with Crippen molar-refractivity contribution in [2.24, 2.45) is 11.7 Å². The lowest BCUT2D eigenvalue weighted by Crippen LogP contribution is -2.37. The highest BCUT2D eigenvalue weighted by Gasteiger charge is 2.33. The van der Waals surface area contributed by atoms with Crippen LogP contribution in [0.3, 0.4) is 0 Å². The third-order valence-corrected chi connectivity index (χ3v) is 4.13. The Balaban J connectivity index is 2.07. The first-order valence-electron chi connectivity index (χ1n) is 7.26. The van der Waals surface area contributed by atoms with Gasteiger partial charge in [0, 0.05) is 6.42 Å². The largest absolute Gasteiger partial charge is 0.339 e. The van der Waals surface area contributed by atoms with E-state index in [1.165, 1.54) is 25.7 Å². The average molecular weight is 251 g/mol. The number of nitrogens with zero attached hydrogens (tertiary/aromatic N) is 2. The van der Waals surface area contributed by atoms with Gasteiger partial charge in [0.25, 0.3) is 0 Å². The van der Waals surface area contributed by atoms with Crippen molar-refractivity contribution in [1.29, 1.82) is 0 Å². The van der Waals surface area contributed by atoms with Gasteiger partial charge in [0.2, 0.25) is 5.89 Å². The van der Waals surface area contributed by atoms with Crippen LogP contribution >= 0.6 is 0 Å². The lowest BCUT2D eigenvalue weighted by molar-refractivity contribution is 0.318. The Hall–Kier alpha value is -0.900. The van der Waals surface area contributed by atoms with Crippen LogP contribution in [-0.2, 0) is 12.0 Å². The van der Waals surface area contributed by atoms with Gasteiger partial charge in [0.1, 0.15) is 0 Å². The van der Waals surface area contributed by atoms with Gasteiger partial charge in [-0.05, 0) is 18.8 Å². The number of rotatable bonds is 4. The van der Waals surface area contributed by atoms with Gasteiger partial charge in [-0.15, -0.1) is 0 Å². The van der Waals surface area contributed by atoms with Crippen molar-refractivity contribution >= 4 is 0 Å². The minimum Gasteiger partial charge on any atom is -0.339 e. The van der Waals surface area contributed by atoms with Gasteiger partial charge in [-0.3, -0.25) is 0 Å². The molecule has 1 fully saturated rings. The topological polar surface area (TPSA) is 64.9 Å². The number of hydrogen-bond donors (Lipinski definition) is 1. The molecule has 0 saturated heterocycles. The minimum atomic E-state index is -0.353. The molecule has 4 nitrogen and oxygen atoms in total. The molecule has 1 aromatic rings. The summed E-state index contributed by atoms with van der Waals surface area (Å²) in [4.78, 5) is 4.53. The average Bonchev–Trinajstić information content (AvgIpc) is 2.72. The van der Waals surface area contributed by atoms with Crippen LogP contribution in [0.2, 0.25) is 0 Å². The van der Waals surface area contributed by atoms with E-state index in [0.29, 0.717) is 5.92 Å². The highest BCUT2D eigenvalue weighted by atomic mass is 16.5. The lowest BCUT2D eigenvalue weighted by atomic mass is 9.91. The highest BCUT2D eigenvalue weighted by Crippen LogP contribution is 2.32. The van der Waals surface area contributed by atoms with E-state index in [-0.39, 0.29) is 5.54 Å². The van der Waals surface area contributed by atoms with Crippen molar-refractivity contribution in [3.8, 4) is 0 Å². The van der Waals surface area contributed by atoms with Crippen molar-refractivity contribution in [2.45, 2.75) is 70.8 Å². The fourth-order valence-electron chi connectivity index (χ4n) is 2.57. The van der Waals surface area contributed by atoms with Gasteiger partial charge < -0.3 is 10.3 Å². The van der Waals surface area contributed by atoms with E-state index in [1.807, 2.05) is 0 Å². The minimum absolute atomic E-state index is 0.353. The third-order valence-electron chi connectivity index (χ3n) is 4.13. The van der Waals surface area contributed by atoms with Crippen LogP contribution in [0.1, 0.15) is 70.5 Å². The van der Waals surface area contributed by atoms with E-state index < -0.39 is 0 Å². The maximum Gasteiger partial charge on any atom is 0.226 e. The summed E-state index contributed by atoms with van der Waals surface area (Å²) in [6.45, 7) is 4.38. The van der Waals surface area contributed by atoms with Gasteiger partial charge in [0.15, 0.2) is 5.82 Å². The van der Waals surface area contributed by atoms with Crippen LogP contribution in [-0.4, -0.2) is 10.1 Å². The molecule has 1 aliphatic rings. The molecule has 0 aliphatic heterocycles. The first-order valence-corrected chi connectivity index (χ1v) is 7.26. The van der Waals surface area contributed by atoms with Crippen LogP contribution in [0.4, 0.5) is 0 Å². The molecule has 0 aromatic carbocycles. The fourth-order valence-corrected chi connectivity index (χ4v) is 2.57. The van der Waals surface area contributed by atoms with E-state index in [4.69, 9.17) is 10.3 Å². The predicted octanol–water partition coefficient (Wildman–Crippen LogP) is 3.17. The van der Waals surface area contributed by atoms with Crippen molar-refractivity contribution in [2.75, 3.05) is 0 Å². The summed E-state index contributed by atoms with van der Waals surface area (Å²) in [5.74, 6) is 2.05.